The van der Waals surface area contributed by atoms with Crippen molar-refractivity contribution in [3.8, 4) is 0 Å². The Bertz CT molecular complexity index is 353. The van der Waals surface area contributed by atoms with Gasteiger partial charge in [-0.1, -0.05) is 13.3 Å². The summed E-state index contributed by atoms with van der Waals surface area (Å²) in [6.45, 7) is 2.75. The molecular formula is C11H16ClF3N2. The third-order valence-corrected chi connectivity index (χ3v) is 2.22. The number of nitrogens with one attached hydrogen (secondary N) is 1. The van der Waals surface area contributed by atoms with E-state index in [1.165, 1.54) is 6.07 Å². The molecule has 0 saturated carbocycles. The first kappa shape index (κ1) is 15.9. The van der Waals surface area contributed by atoms with Gasteiger partial charge in [0.25, 0.3) is 0 Å². The fourth-order valence-electron chi connectivity index (χ4n) is 1.30. The van der Waals surface area contributed by atoms with Gasteiger partial charge in [0.15, 0.2) is 0 Å². The third-order valence-electron chi connectivity index (χ3n) is 2.22. The van der Waals surface area contributed by atoms with E-state index in [9.17, 15) is 13.2 Å². The number of nitrogens with two attached hydrogens (primary N) is 1. The lowest BCUT2D eigenvalue weighted by Crippen LogP contribution is -2.08. The van der Waals surface area contributed by atoms with E-state index in [4.69, 9.17) is 5.73 Å². The highest BCUT2D eigenvalue weighted by atomic mass is 35.5. The number of unbranched alkanes of at least 4 members (excludes halogenated alkanes) is 1. The van der Waals surface area contributed by atoms with Gasteiger partial charge in [0.05, 0.1) is 16.9 Å². The predicted molar refractivity (Wildman–Crippen MR) is 66.5 cm³/mol. The van der Waals surface area contributed by atoms with Crippen LogP contribution in [0, 0.1) is 0 Å². The molecule has 0 atom stereocenters. The van der Waals surface area contributed by atoms with Crippen molar-refractivity contribution in [3.05, 3.63) is 23.8 Å². The highest BCUT2D eigenvalue weighted by molar-refractivity contribution is 5.85. The lowest BCUT2D eigenvalue weighted by molar-refractivity contribution is -0.137. The summed E-state index contributed by atoms with van der Waals surface area (Å²) in [6.07, 6.45) is -2.36. The number of hydrogen-bond acceptors (Lipinski definition) is 2. The van der Waals surface area contributed by atoms with Crippen LogP contribution in [0.5, 0.6) is 0 Å². The van der Waals surface area contributed by atoms with Gasteiger partial charge in [-0.25, -0.2) is 0 Å². The molecule has 0 spiro atoms. The Hall–Kier alpha value is -1.10. The quantitative estimate of drug-likeness (QED) is 0.642. The average Bonchev–Trinajstić information content (AvgIpc) is 2.19. The van der Waals surface area contributed by atoms with Crippen molar-refractivity contribution in [1.29, 1.82) is 0 Å². The molecule has 1 rings (SSSR count). The van der Waals surface area contributed by atoms with Crippen LogP contribution >= 0.6 is 12.4 Å². The summed E-state index contributed by atoms with van der Waals surface area (Å²) >= 11 is 0. The fraction of sp³-hybridized carbons (Fsp3) is 0.455. The van der Waals surface area contributed by atoms with Crippen molar-refractivity contribution in [1.82, 2.24) is 0 Å². The third kappa shape index (κ3) is 4.73. The maximum absolute atomic E-state index is 12.3. The second-order valence-electron chi connectivity index (χ2n) is 3.58. The van der Waals surface area contributed by atoms with Gasteiger partial charge in [-0.15, -0.1) is 12.4 Å². The number of alkyl halides is 3. The predicted octanol–water partition coefficient (Wildman–Crippen LogP) is 3.92. The minimum absolute atomic E-state index is 0. The van der Waals surface area contributed by atoms with E-state index < -0.39 is 11.7 Å². The molecule has 0 amide bonds. The average molecular weight is 269 g/mol. The van der Waals surface area contributed by atoms with Crippen LogP contribution in [0.15, 0.2) is 18.2 Å². The number of benzene rings is 1. The molecule has 0 aliphatic carbocycles. The van der Waals surface area contributed by atoms with Gasteiger partial charge in [-0.05, 0) is 24.6 Å². The molecular weight excluding hydrogens is 253 g/mol. The molecule has 0 aromatic heterocycles. The molecule has 0 fully saturated rings. The highest BCUT2D eigenvalue weighted by Gasteiger charge is 2.30. The van der Waals surface area contributed by atoms with Gasteiger partial charge in [0.1, 0.15) is 0 Å². The van der Waals surface area contributed by atoms with Crippen molar-refractivity contribution < 1.29 is 13.2 Å². The molecule has 1 aromatic carbocycles. The number of halogens is 4. The zero-order valence-corrected chi connectivity index (χ0v) is 10.3. The first-order chi connectivity index (χ1) is 7.45. The molecule has 0 radical (unpaired) electrons. The summed E-state index contributed by atoms with van der Waals surface area (Å²) in [6, 6.07) is 3.35. The molecule has 0 bridgehead atoms. The van der Waals surface area contributed by atoms with Crippen LogP contribution in [-0.2, 0) is 6.18 Å². The first-order valence-corrected chi connectivity index (χ1v) is 5.15. The second kappa shape index (κ2) is 6.59. The molecule has 98 valence electrons. The normalized spacial score (nSPS) is 10.8. The van der Waals surface area contributed by atoms with Crippen LogP contribution in [0.3, 0.4) is 0 Å². The van der Waals surface area contributed by atoms with Gasteiger partial charge in [0.2, 0.25) is 0 Å². The minimum Gasteiger partial charge on any atom is -0.397 e. The maximum Gasteiger partial charge on any atom is 0.416 e. The molecule has 1 aromatic rings. The summed E-state index contributed by atoms with van der Waals surface area (Å²) in [4.78, 5) is 0. The maximum atomic E-state index is 12.3. The van der Waals surface area contributed by atoms with Crippen LogP contribution in [0.25, 0.3) is 0 Å². The number of nitrogen functional groups attached to an aromatic ring is 1. The van der Waals surface area contributed by atoms with Gasteiger partial charge < -0.3 is 11.1 Å². The number of hydrogen-bond donors (Lipinski definition) is 2. The van der Waals surface area contributed by atoms with Crippen LogP contribution < -0.4 is 11.1 Å². The molecule has 0 aliphatic rings. The summed E-state index contributed by atoms with van der Waals surface area (Å²) in [5.41, 5.74) is 5.51. The van der Waals surface area contributed by atoms with E-state index in [0.717, 1.165) is 25.0 Å². The zero-order valence-electron chi connectivity index (χ0n) is 9.47. The molecule has 3 N–H and O–H groups in total. The van der Waals surface area contributed by atoms with E-state index >= 15 is 0 Å². The molecule has 17 heavy (non-hydrogen) atoms. The lowest BCUT2D eigenvalue weighted by Gasteiger charge is -2.12. The van der Waals surface area contributed by atoms with Crippen molar-refractivity contribution in [2.45, 2.75) is 25.9 Å². The van der Waals surface area contributed by atoms with Crippen molar-refractivity contribution in [2.75, 3.05) is 17.6 Å². The Kier molecular flexibility index (Phi) is 6.16. The fourth-order valence-corrected chi connectivity index (χ4v) is 1.30. The van der Waals surface area contributed by atoms with E-state index in [1.54, 1.807) is 0 Å². The molecule has 0 heterocycles. The van der Waals surface area contributed by atoms with Gasteiger partial charge in [-0.2, -0.15) is 13.2 Å². The van der Waals surface area contributed by atoms with E-state index in [1.807, 2.05) is 6.92 Å². The monoisotopic (exact) mass is 268 g/mol. The Morgan fingerprint density at radius 2 is 1.94 bits per heavy atom. The smallest absolute Gasteiger partial charge is 0.397 e. The van der Waals surface area contributed by atoms with Crippen LogP contribution in [0.4, 0.5) is 24.5 Å². The van der Waals surface area contributed by atoms with Crippen molar-refractivity contribution in [3.63, 3.8) is 0 Å². The molecule has 0 unspecified atom stereocenters. The minimum atomic E-state index is -4.34. The Morgan fingerprint density at radius 3 is 2.41 bits per heavy atom. The molecule has 0 aliphatic heterocycles. The van der Waals surface area contributed by atoms with Crippen LogP contribution in [0.2, 0.25) is 0 Å². The van der Waals surface area contributed by atoms with Gasteiger partial charge in [0, 0.05) is 6.54 Å². The largest absolute Gasteiger partial charge is 0.416 e. The van der Waals surface area contributed by atoms with Crippen molar-refractivity contribution in [2.24, 2.45) is 0 Å². The Morgan fingerprint density at radius 1 is 1.29 bits per heavy atom. The van der Waals surface area contributed by atoms with Crippen LogP contribution in [0.1, 0.15) is 25.3 Å². The molecule has 6 heteroatoms. The molecule has 2 nitrogen and oxygen atoms in total. The SMILES string of the molecule is CCCCNc1ccc(C(F)(F)F)cc1N.Cl. The summed E-state index contributed by atoms with van der Waals surface area (Å²) in [5, 5.41) is 3.00. The van der Waals surface area contributed by atoms with Gasteiger partial charge >= 0.3 is 6.18 Å². The summed E-state index contributed by atoms with van der Waals surface area (Å²) in [7, 11) is 0. The van der Waals surface area contributed by atoms with E-state index in [-0.39, 0.29) is 18.1 Å². The topological polar surface area (TPSA) is 38.0 Å². The summed E-state index contributed by atoms with van der Waals surface area (Å²) in [5.74, 6) is 0. The second-order valence-corrected chi connectivity index (χ2v) is 3.58. The van der Waals surface area contributed by atoms with Gasteiger partial charge in [-0.3, -0.25) is 0 Å². The number of rotatable bonds is 4. The lowest BCUT2D eigenvalue weighted by atomic mass is 10.1. The highest BCUT2D eigenvalue weighted by Crippen LogP contribution is 2.32. The Labute approximate surface area is 105 Å². The Balaban J connectivity index is 0.00000256. The zero-order chi connectivity index (χ0) is 12.2. The van der Waals surface area contributed by atoms with Crippen LogP contribution in [-0.4, -0.2) is 6.54 Å². The number of anilines is 2. The molecule has 0 saturated heterocycles. The van der Waals surface area contributed by atoms with E-state index in [0.29, 0.717) is 12.2 Å². The van der Waals surface area contributed by atoms with Crippen molar-refractivity contribution >= 4 is 23.8 Å². The van der Waals surface area contributed by atoms with E-state index in [2.05, 4.69) is 5.32 Å². The standard InChI is InChI=1S/C11H15F3N2.ClH/c1-2-3-6-16-10-5-4-8(7-9(10)15)11(12,13)14;/h4-5,7,16H,2-3,6,15H2,1H3;1H. The summed E-state index contributed by atoms with van der Waals surface area (Å²) < 4.78 is 37.0. The first-order valence-electron chi connectivity index (χ1n) is 5.15.